The molecule has 6 saturated heterocycles. The van der Waals surface area contributed by atoms with Gasteiger partial charge in [-0.3, -0.25) is 24.3 Å². The maximum atomic E-state index is 16.8. The third-order valence-corrected chi connectivity index (χ3v) is 20.0. The summed E-state index contributed by atoms with van der Waals surface area (Å²) in [5.74, 6) is 1.75. The van der Waals surface area contributed by atoms with E-state index >= 15 is 4.39 Å². The smallest absolute Gasteiger partial charge is 0.319 e. The Morgan fingerprint density at radius 3 is 2.38 bits per heavy atom. The predicted octanol–water partition coefficient (Wildman–Crippen LogP) is 11.3. The molecule has 6 aliphatic heterocycles. The average Bonchev–Trinajstić information content (AvgIpc) is 1.41. The van der Waals surface area contributed by atoms with Gasteiger partial charge in [-0.1, -0.05) is 81.2 Å². The van der Waals surface area contributed by atoms with Crippen molar-refractivity contribution < 1.29 is 37.9 Å². The number of nitrogens with one attached hydrogen (secondary N) is 1. The van der Waals surface area contributed by atoms with E-state index in [9.17, 15) is 19.5 Å². The van der Waals surface area contributed by atoms with Gasteiger partial charge in [-0.2, -0.15) is 9.97 Å². The molecule has 0 radical (unpaired) electrons. The maximum absolute atomic E-state index is 16.8. The number of hydrogen-bond acceptors (Lipinski definition) is 16. The topological polar surface area (TPSA) is 196 Å². The molecule has 2 N–H and O–H groups in total. The van der Waals surface area contributed by atoms with E-state index in [1.54, 1.807) is 41.7 Å². The van der Waals surface area contributed by atoms with E-state index in [0.717, 1.165) is 163 Å². The fraction of sp³-hybridized carbons (Fsp3) is 0.522. The van der Waals surface area contributed by atoms with Crippen LogP contribution in [0.25, 0.3) is 43.4 Å². The number of hydrogen-bond donors (Lipinski definition) is 2. The fourth-order valence-electron chi connectivity index (χ4n) is 14.4. The Labute approximate surface area is 513 Å². The second-order valence-electron chi connectivity index (χ2n) is 25.3. The molecular formula is C67H84FN11O7S. The third kappa shape index (κ3) is 12.7. The van der Waals surface area contributed by atoms with Crippen LogP contribution >= 0.6 is 11.3 Å². The molecule has 4 aromatic heterocycles. The van der Waals surface area contributed by atoms with E-state index in [2.05, 4.69) is 75.0 Å². The number of aromatic hydroxyl groups is 1. The number of amides is 3. The number of thiazole rings is 1. The molecular weight excluding hydrogens is 1120 g/mol. The molecule has 13 rings (SSSR count). The zero-order chi connectivity index (χ0) is 61.0. The van der Waals surface area contributed by atoms with Crippen molar-refractivity contribution in [3.63, 3.8) is 0 Å². The first kappa shape index (κ1) is 61.4. The fourth-order valence-corrected chi connectivity index (χ4v) is 15.2. The summed E-state index contributed by atoms with van der Waals surface area (Å²) in [6.07, 6.45) is 15.0. The zero-order valence-corrected chi connectivity index (χ0v) is 52.3. The lowest BCUT2D eigenvalue weighted by molar-refractivity contribution is -0.135. The van der Waals surface area contributed by atoms with Gasteiger partial charge in [0.2, 0.25) is 18.7 Å². The van der Waals surface area contributed by atoms with Crippen LogP contribution in [-0.4, -0.2) is 154 Å². The Morgan fingerprint density at radius 1 is 0.920 bits per heavy atom. The van der Waals surface area contributed by atoms with E-state index < -0.39 is 5.82 Å². The highest BCUT2D eigenvalue weighted by atomic mass is 32.1. The minimum absolute atomic E-state index is 0.0455. The lowest BCUT2D eigenvalue weighted by Crippen LogP contribution is -2.72. The number of pyridine rings is 1. The molecule has 0 aliphatic carbocycles. The number of carbonyl (C=O) groups is 3. The Kier molecular flexibility index (Phi) is 18.8. The summed E-state index contributed by atoms with van der Waals surface area (Å²) in [6.45, 7) is 20.5. The van der Waals surface area contributed by atoms with Gasteiger partial charge in [0.05, 0.1) is 39.7 Å². The van der Waals surface area contributed by atoms with E-state index in [4.69, 9.17) is 24.0 Å². The minimum atomic E-state index is -0.523. The van der Waals surface area contributed by atoms with Gasteiger partial charge in [-0.25, -0.2) is 9.37 Å². The number of anilines is 2. The van der Waals surface area contributed by atoms with Gasteiger partial charge < -0.3 is 44.0 Å². The number of benzene rings is 3. The van der Waals surface area contributed by atoms with Gasteiger partial charge in [0.25, 0.3) is 0 Å². The van der Waals surface area contributed by atoms with Crippen molar-refractivity contribution in [1.29, 1.82) is 0 Å². The predicted molar refractivity (Wildman–Crippen MR) is 338 cm³/mol. The Bertz CT molecular complexity index is 3540. The number of phenols is 1. The van der Waals surface area contributed by atoms with Crippen molar-refractivity contribution in [2.75, 3.05) is 82.5 Å². The van der Waals surface area contributed by atoms with Crippen LogP contribution in [0.1, 0.15) is 133 Å². The molecule has 0 saturated carbocycles. The second-order valence-corrected chi connectivity index (χ2v) is 26.2. The van der Waals surface area contributed by atoms with Crippen molar-refractivity contribution in [2.45, 2.75) is 142 Å². The van der Waals surface area contributed by atoms with Crippen molar-refractivity contribution in [2.24, 2.45) is 11.3 Å². The average molecular weight is 1210 g/mol. The van der Waals surface area contributed by atoms with Gasteiger partial charge in [-0.15, -0.1) is 11.3 Å². The van der Waals surface area contributed by atoms with Crippen LogP contribution in [0.2, 0.25) is 0 Å². The molecule has 10 heterocycles. The van der Waals surface area contributed by atoms with Crippen molar-refractivity contribution in [1.82, 2.24) is 45.1 Å². The van der Waals surface area contributed by atoms with Crippen LogP contribution < -0.4 is 19.9 Å². The van der Waals surface area contributed by atoms with Crippen LogP contribution in [0.15, 0.2) is 76.9 Å². The molecule has 1 spiro atoms. The number of likely N-dealkylation sites (tertiary alicyclic amines) is 2. The van der Waals surface area contributed by atoms with Crippen molar-refractivity contribution in [3.05, 3.63) is 101 Å². The Balaban J connectivity index is 0.000000153. The number of aryl methyl sites for hydroxylation is 2. The third-order valence-electron chi connectivity index (χ3n) is 19.0. The largest absolute Gasteiger partial charge is 0.508 e. The van der Waals surface area contributed by atoms with E-state index in [1.807, 2.05) is 60.7 Å². The van der Waals surface area contributed by atoms with Crippen molar-refractivity contribution in [3.8, 4) is 33.5 Å². The van der Waals surface area contributed by atoms with E-state index in [0.29, 0.717) is 41.2 Å². The zero-order valence-electron chi connectivity index (χ0n) is 51.5. The molecule has 87 heavy (non-hydrogen) atoms. The molecule has 5 unspecified atom stereocenters. The molecule has 0 bridgehead atoms. The van der Waals surface area contributed by atoms with Crippen LogP contribution in [0, 0.1) is 24.1 Å². The van der Waals surface area contributed by atoms with Crippen LogP contribution in [0.4, 0.5) is 16.0 Å². The summed E-state index contributed by atoms with van der Waals surface area (Å²) in [5, 5.41) is 19.9. The van der Waals surface area contributed by atoms with Crippen LogP contribution in [0.3, 0.4) is 0 Å². The molecule has 6 fully saturated rings. The summed E-state index contributed by atoms with van der Waals surface area (Å²) in [4.78, 5) is 64.7. The first-order chi connectivity index (χ1) is 42.1. The molecule has 6 aliphatic rings. The molecule has 3 amide bonds. The van der Waals surface area contributed by atoms with Gasteiger partial charge in [0.15, 0.2) is 17.4 Å². The lowest BCUT2D eigenvalue weighted by atomic mass is 9.73. The summed E-state index contributed by atoms with van der Waals surface area (Å²) in [5.41, 5.74) is 7.36. The number of carbonyl (C=O) groups excluding carboxylic acids is 3. The summed E-state index contributed by atoms with van der Waals surface area (Å²) in [6, 6.07) is 20.4. The summed E-state index contributed by atoms with van der Waals surface area (Å²) < 4.78 is 34.4. The maximum Gasteiger partial charge on any atom is 0.319 e. The number of nitrogens with zero attached hydrogens (tertiary/aromatic N) is 10. The normalized spacial score (nSPS) is 21.3. The lowest BCUT2D eigenvalue weighted by Gasteiger charge is -2.59. The highest BCUT2D eigenvalue weighted by molar-refractivity contribution is 7.13. The van der Waals surface area contributed by atoms with Crippen LogP contribution in [0.5, 0.6) is 11.8 Å². The minimum Gasteiger partial charge on any atom is -0.508 e. The molecule has 462 valence electrons. The second kappa shape index (κ2) is 26.6. The molecule has 7 aromatic rings. The number of phenolic OH excluding ortho intramolecular Hbond substituents is 1. The van der Waals surface area contributed by atoms with Gasteiger partial charge in [-0.05, 0) is 131 Å². The number of methoxy groups -OCH3 is 1. The van der Waals surface area contributed by atoms with Crippen LogP contribution in [-0.2, 0) is 25.5 Å². The number of ether oxygens (including phenoxy) is 2. The number of fused-ring (bicyclic) bond motifs is 3. The molecule has 3 aromatic carbocycles. The van der Waals surface area contributed by atoms with Gasteiger partial charge in [0.1, 0.15) is 35.3 Å². The Hall–Kier alpha value is -7.29. The van der Waals surface area contributed by atoms with E-state index in [-0.39, 0.29) is 57.7 Å². The SMILES string of the molecule is CC(C)C(C(=O)N1CCCC1C)c1cc(N2CC3(CN(C=O)C3)C2)no1.CCc1cccc2cc(O)cc(-c3ncc4c(N5CCCCCC5)nc(OCC56CCCN5C(COC)CC6)nc4c3F)c12.Cc1ncsc1-c1ccc(C(C)NC=O)cc1. The van der Waals surface area contributed by atoms with Crippen molar-refractivity contribution >= 4 is 63.4 Å². The molecule has 5 atom stereocenters. The van der Waals surface area contributed by atoms with Gasteiger partial charge >= 0.3 is 6.01 Å². The number of halogens is 1. The highest BCUT2D eigenvalue weighted by Crippen LogP contribution is 2.45. The summed E-state index contributed by atoms with van der Waals surface area (Å²) >= 11 is 1.64. The monoisotopic (exact) mass is 1210 g/mol. The Morgan fingerprint density at radius 2 is 1.70 bits per heavy atom. The molecule has 18 nitrogen and oxygen atoms in total. The van der Waals surface area contributed by atoms with Gasteiger partial charge in [0, 0.05) is 88.2 Å². The number of aromatic nitrogens is 5. The quantitative estimate of drug-likeness (QED) is 0.0817. The summed E-state index contributed by atoms with van der Waals surface area (Å²) in [7, 11) is 1.76. The molecule has 20 heteroatoms. The highest BCUT2D eigenvalue weighted by Gasteiger charge is 2.53. The first-order valence-electron chi connectivity index (χ1n) is 31.3. The van der Waals surface area contributed by atoms with E-state index in [1.165, 1.54) is 23.3 Å². The number of rotatable bonds is 17. The first-order valence-corrected chi connectivity index (χ1v) is 32.2. The standard InChI is InChI=1S/C35H42FN5O3.C19H28N4O3.C13H14N2OS/c1-3-23-10-8-11-24-18-26(42)19-27(29(23)24)31-30(36)32-28(20-37-31)33(40-15-6-4-5-7-16-40)39-34(38-32)44-22-35-13-9-17-41(35)25(12-14-35)21-43-2;1-13(2)17(18(25)23-6-4-5-14(23)3)15-7-16(20-26-15)22-10-19(11-22)8-21(9-19)12-24;1-9(14-7-16)11-3-5-12(6-4-11)13-10(2)15-8-17-13/h8,10-11,18-20,25,42H,3-7,9,12-17,21-22H2,1-2H3;7,12-14,17H,4-6,8-11H2,1-3H3;3-9H,1-2H3,(H,14,16).